The lowest BCUT2D eigenvalue weighted by Gasteiger charge is -2.28. The Morgan fingerprint density at radius 1 is 1.33 bits per heavy atom. The molecule has 0 aliphatic heterocycles. The standard InChI is InChI=1S/C13H19NO3.ClH/c1-7-5-8(11(14)13(2,3)4)10(15)9(6-7)12(16)17;/h5-6,11,15H,14H2,1-4H3,(H,16,17);1H/t11-;/m0./s1. The number of carbonyl (C=O) groups is 1. The first-order chi connectivity index (χ1) is 7.64. The molecule has 1 atom stereocenters. The predicted octanol–water partition coefficient (Wildman–Crippen LogP) is 2.87. The molecule has 1 aromatic carbocycles. The smallest absolute Gasteiger partial charge is 0.339 e. The molecule has 0 heterocycles. The van der Waals surface area contributed by atoms with Crippen LogP contribution in [0, 0.1) is 12.3 Å². The lowest BCUT2D eigenvalue weighted by Crippen LogP contribution is -2.26. The topological polar surface area (TPSA) is 83.5 Å². The van der Waals surface area contributed by atoms with E-state index in [9.17, 15) is 9.90 Å². The summed E-state index contributed by atoms with van der Waals surface area (Å²) in [5.41, 5.74) is 6.97. The van der Waals surface area contributed by atoms with E-state index in [1.807, 2.05) is 20.8 Å². The maximum Gasteiger partial charge on any atom is 0.339 e. The van der Waals surface area contributed by atoms with Crippen LogP contribution < -0.4 is 5.73 Å². The monoisotopic (exact) mass is 273 g/mol. The third-order valence-electron chi connectivity index (χ3n) is 2.78. The maximum atomic E-state index is 11.0. The molecule has 0 saturated carbocycles. The number of aryl methyl sites for hydroxylation is 1. The predicted molar refractivity (Wildman–Crippen MR) is 73.4 cm³/mol. The average Bonchev–Trinajstić information content (AvgIpc) is 2.18. The summed E-state index contributed by atoms with van der Waals surface area (Å²) in [5, 5.41) is 19.0. The van der Waals surface area contributed by atoms with Gasteiger partial charge in [-0.3, -0.25) is 0 Å². The molecule has 4 nitrogen and oxygen atoms in total. The van der Waals surface area contributed by atoms with Gasteiger partial charge in [0.1, 0.15) is 11.3 Å². The van der Waals surface area contributed by atoms with Crippen LogP contribution in [0.3, 0.4) is 0 Å². The Labute approximate surface area is 113 Å². The maximum absolute atomic E-state index is 11.0. The van der Waals surface area contributed by atoms with Crippen molar-refractivity contribution in [1.82, 2.24) is 0 Å². The van der Waals surface area contributed by atoms with Gasteiger partial charge in [0.15, 0.2) is 0 Å². The molecule has 0 amide bonds. The summed E-state index contributed by atoms with van der Waals surface area (Å²) >= 11 is 0. The molecule has 1 rings (SSSR count). The molecule has 1 aromatic rings. The van der Waals surface area contributed by atoms with Gasteiger partial charge < -0.3 is 15.9 Å². The summed E-state index contributed by atoms with van der Waals surface area (Å²) in [7, 11) is 0. The van der Waals surface area contributed by atoms with Crippen molar-refractivity contribution in [2.24, 2.45) is 11.1 Å². The number of hydrogen-bond donors (Lipinski definition) is 3. The summed E-state index contributed by atoms with van der Waals surface area (Å²) in [6.07, 6.45) is 0. The molecule has 18 heavy (non-hydrogen) atoms. The second-order valence-electron chi connectivity index (χ2n) is 5.40. The second-order valence-corrected chi connectivity index (χ2v) is 5.40. The van der Waals surface area contributed by atoms with Gasteiger partial charge in [0.25, 0.3) is 0 Å². The number of aromatic hydroxyl groups is 1. The fourth-order valence-corrected chi connectivity index (χ4v) is 1.67. The molecular formula is C13H20ClNO3. The Morgan fingerprint density at radius 2 is 1.83 bits per heavy atom. The summed E-state index contributed by atoms with van der Waals surface area (Å²) in [6.45, 7) is 7.62. The molecular weight excluding hydrogens is 254 g/mol. The first-order valence-electron chi connectivity index (χ1n) is 5.47. The van der Waals surface area contributed by atoms with Crippen molar-refractivity contribution in [3.63, 3.8) is 0 Å². The van der Waals surface area contributed by atoms with Crippen LogP contribution in [0.15, 0.2) is 12.1 Å². The van der Waals surface area contributed by atoms with E-state index in [0.717, 1.165) is 5.56 Å². The van der Waals surface area contributed by atoms with Crippen molar-refractivity contribution in [2.75, 3.05) is 0 Å². The third kappa shape index (κ3) is 3.37. The molecule has 102 valence electrons. The highest BCUT2D eigenvalue weighted by Gasteiger charge is 2.27. The highest BCUT2D eigenvalue weighted by molar-refractivity contribution is 5.91. The lowest BCUT2D eigenvalue weighted by atomic mass is 9.81. The molecule has 5 heteroatoms. The third-order valence-corrected chi connectivity index (χ3v) is 2.78. The molecule has 0 spiro atoms. The van der Waals surface area contributed by atoms with E-state index >= 15 is 0 Å². The van der Waals surface area contributed by atoms with Crippen LogP contribution in [0.2, 0.25) is 0 Å². The fraction of sp³-hybridized carbons (Fsp3) is 0.462. The first kappa shape index (κ1) is 16.7. The second kappa shape index (κ2) is 5.59. The molecule has 0 radical (unpaired) electrons. The number of carboxylic acid groups (broad SMARTS) is 1. The van der Waals surface area contributed by atoms with Gasteiger partial charge in [-0.15, -0.1) is 12.4 Å². The van der Waals surface area contributed by atoms with Crippen LogP contribution in [0.5, 0.6) is 5.75 Å². The van der Waals surface area contributed by atoms with Gasteiger partial charge in [-0.25, -0.2) is 4.79 Å². The van der Waals surface area contributed by atoms with Crippen LogP contribution >= 0.6 is 12.4 Å². The van der Waals surface area contributed by atoms with Crippen LogP contribution in [0.1, 0.15) is 48.3 Å². The fourth-order valence-electron chi connectivity index (χ4n) is 1.67. The average molecular weight is 274 g/mol. The summed E-state index contributed by atoms with van der Waals surface area (Å²) in [5.74, 6) is -1.38. The minimum absolute atomic E-state index is 0. The molecule has 0 saturated heterocycles. The van der Waals surface area contributed by atoms with Crippen LogP contribution in [-0.4, -0.2) is 16.2 Å². The first-order valence-corrected chi connectivity index (χ1v) is 5.47. The molecule has 4 N–H and O–H groups in total. The zero-order valence-electron chi connectivity index (χ0n) is 11.0. The molecule has 0 aliphatic rings. The summed E-state index contributed by atoms with van der Waals surface area (Å²) < 4.78 is 0. The summed E-state index contributed by atoms with van der Waals surface area (Å²) in [6, 6.07) is 2.76. The number of aromatic carboxylic acids is 1. The van der Waals surface area contributed by atoms with E-state index in [0.29, 0.717) is 5.56 Å². The SMILES string of the molecule is Cc1cc(C(=O)O)c(O)c([C@H](N)C(C)(C)C)c1.Cl. The minimum Gasteiger partial charge on any atom is -0.507 e. The van der Waals surface area contributed by atoms with Crippen LogP contribution in [0.4, 0.5) is 0 Å². The quantitative estimate of drug-likeness (QED) is 0.774. The number of benzene rings is 1. The van der Waals surface area contributed by atoms with Gasteiger partial charge in [0.2, 0.25) is 0 Å². The largest absolute Gasteiger partial charge is 0.507 e. The van der Waals surface area contributed by atoms with E-state index < -0.39 is 12.0 Å². The van der Waals surface area contributed by atoms with Gasteiger partial charge in [-0.2, -0.15) is 0 Å². The van der Waals surface area contributed by atoms with Crippen molar-refractivity contribution in [1.29, 1.82) is 0 Å². The van der Waals surface area contributed by atoms with Gasteiger partial charge in [0, 0.05) is 11.6 Å². The van der Waals surface area contributed by atoms with E-state index in [2.05, 4.69) is 0 Å². The van der Waals surface area contributed by atoms with Crippen LogP contribution in [-0.2, 0) is 0 Å². The Morgan fingerprint density at radius 3 is 2.22 bits per heavy atom. The van der Waals surface area contributed by atoms with E-state index in [1.54, 1.807) is 13.0 Å². The molecule has 0 aliphatic carbocycles. The lowest BCUT2D eigenvalue weighted by molar-refractivity contribution is 0.0693. The molecule has 0 aromatic heterocycles. The highest BCUT2D eigenvalue weighted by atomic mass is 35.5. The van der Waals surface area contributed by atoms with E-state index in [1.165, 1.54) is 6.07 Å². The van der Waals surface area contributed by atoms with E-state index in [-0.39, 0.29) is 29.1 Å². The highest BCUT2D eigenvalue weighted by Crippen LogP contribution is 2.37. The van der Waals surface area contributed by atoms with Crippen molar-refractivity contribution >= 4 is 18.4 Å². The normalized spacial score (nSPS) is 12.7. The minimum atomic E-state index is -1.14. The number of halogens is 1. The van der Waals surface area contributed by atoms with Crippen molar-refractivity contribution in [2.45, 2.75) is 33.7 Å². The van der Waals surface area contributed by atoms with Crippen molar-refractivity contribution in [3.8, 4) is 5.75 Å². The summed E-state index contributed by atoms with van der Waals surface area (Å²) in [4.78, 5) is 11.0. The molecule has 0 bridgehead atoms. The Kier molecular flexibility index (Phi) is 5.20. The number of nitrogens with two attached hydrogens (primary N) is 1. The van der Waals surface area contributed by atoms with Crippen LogP contribution in [0.25, 0.3) is 0 Å². The zero-order valence-corrected chi connectivity index (χ0v) is 11.8. The Balaban J connectivity index is 0.00000289. The number of rotatable bonds is 2. The zero-order chi connectivity index (χ0) is 13.4. The van der Waals surface area contributed by atoms with Gasteiger partial charge in [0.05, 0.1) is 0 Å². The molecule has 0 unspecified atom stereocenters. The number of hydrogen-bond acceptors (Lipinski definition) is 3. The number of phenols is 1. The van der Waals surface area contributed by atoms with Gasteiger partial charge in [-0.1, -0.05) is 26.8 Å². The Hall–Kier alpha value is -1.26. The van der Waals surface area contributed by atoms with Gasteiger partial charge >= 0.3 is 5.97 Å². The molecule has 0 fully saturated rings. The Bertz CT molecular complexity index is 452. The number of carboxylic acids is 1. The van der Waals surface area contributed by atoms with Gasteiger partial charge in [-0.05, 0) is 24.0 Å². The van der Waals surface area contributed by atoms with Crippen molar-refractivity contribution < 1.29 is 15.0 Å². The van der Waals surface area contributed by atoms with E-state index in [4.69, 9.17) is 10.8 Å². The van der Waals surface area contributed by atoms with Crippen molar-refractivity contribution in [3.05, 3.63) is 28.8 Å².